The van der Waals surface area contributed by atoms with Gasteiger partial charge in [0.2, 0.25) is 5.82 Å². The van der Waals surface area contributed by atoms with Gasteiger partial charge in [0.1, 0.15) is 6.07 Å². The van der Waals surface area contributed by atoms with Gasteiger partial charge in [0, 0.05) is 41.5 Å². The third kappa shape index (κ3) is 3.81. The summed E-state index contributed by atoms with van der Waals surface area (Å²) in [5.41, 5.74) is 4.13. The first kappa shape index (κ1) is 19.0. The SMILES string of the molecule is CCC(CC)Nc1c(C(=O)C2CC2)cnc2ccc(-c3cnc(C#N)nc3)cc12. The molecular formula is C23H23N5O. The van der Waals surface area contributed by atoms with Crippen molar-refractivity contribution in [3.8, 4) is 17.2 Å². The standard InChI is InChI=1S/C23H23N5O/c1-3-17(4-2)28-22-18-9-15(16-11-26-21(10-24)27-12-16)7-8-20(18)25-13-19(22)23(29)14-5-6-14/h7-9,11-14,17H,3-6H2,1-2H3,(H,25,28). The van der Waals surface area contributed by atoms with Gasteiger partial charge >= 0.3 is 0 Å². The molecule has 1 fully saturated rings. The molecule has 1 N–H and O–H groups in total. The van der Waals surface area contributed by atoms with Crippen molar-refractivity contribution in [3.05, 3.63) is 48.2 Å². The van der Waals surface area contributed by atoms with E-state index in [1.54, 1.807) is 18.6 Å². The number of carbonyl (C=O) groups is 1. The van der Waals surface area contributed by atoms with Crippen LogP contribution in [0.15, 0.2) is 36.8 Å². The predicted molar refractivity (Wildman–Crippen MR) is 113 cm³/mol. The van der Waals surface area contributed by atoms with Crippen molar-refractivity contribution in [3.63, 3.8) is 0 Å². The lowest BCUT2D eigenvalue weighted by Crippen LogP contribution is -2.20. The highest BCUT2D eigenvalue weighted by Gasteiger charge is 2.32. The molecule has 0 aliphatic heterocycles. The average molecular weight is 385 g/mol. The zero-order valence-electron chi connectivity index (χ0n) is 16.6. The van der Waals surface area contributed by atoms with Crippen LogP contribution in [0.2, 0.25) is 0 Å². The summed E-state index contributed by atoms with van der Waals surface area (Å²) >= 11 is 0. The summed E-state index contributed by atoms with van der Waals surface area (Å²) in [6.45, 7) is 4.29. The van der Waals surface area contributed by atoms with E-state index in [9.17, 15) is 4.79 Å². The highest BCUT2D eigenvalue weighted by atomic mass is 16.1. The lowest BCUT2D eigenvalue weighted by Gasteiger charge is -2.21. The normalized spacial score (nSPS) is 13.4. The molecule has 0 bridgehead atoms. The molecule has 146 valence electrons. The number of nitrogens with zero attached hydrogens (tertiary/aromatic N) is 4. The van der Waals surface area contributed by atoms with Gasteiger partial charge in [-0.3, -0.25) is 9.78 Å². The van der Waals surface area contributed by atoms with E-state index in [0.29, 0.717) is 5.56 Å². The van der Waals surface area contributed by atoms with Crippen molar-refractivity contribution in [1.82, 2.24) is 15.0 Å². The van der Waals surface area contributed by atoms with Crippen LogP contribution in [0.3, 0.4) is 0 Å². The molecule has 2 aromatic heterocycles. The molecule has 1 aromatic carbocycles. The molecule has 6 heteroatoms. The Morgan fingerprint density at radius 2 is 1.86 bits per heavy atom. The van der Waals surface area contributed by atoms with Crippen molar-refractivity contribution in [2.24, 2.45) is 5.92 Å². The smallest absolute Gasteiger partial charge is 0.232 e. The Morgan fingerprint density at radius 1 is 1.14 bits per heavy atom. The third-order valence-electron chi connectivity index (χ3n) is 5.50. The number of Topliss-reactive ketones (excluding diaryl/α,β-unsaturated/α-hetero) is 1. The Labute approximate surface area is 170 Å². The zero-order chi connectivity index (χ0) is 20.4. The number of fused-ring (bicyclic) bond motifs is 1. The maximum Gasteiger partial charge on any atom is 0.232 e. The maximum absolute atomic E-state index is 12.9. The van der Waals surface area contributed by atoms with Gasteiger partial charge < -0.3 is 5.32 Å². The molecule has 1 saturated carbocycles. The number of anilines is 1. The number of rotatable bonds is 7. The van der Waals surface area contributed by atoms with Crippen molar-refractivity contribution in [2.75, 3.05) is 5.32 Å². The predicted octanol–water partition coefficient (Wildman–Crippen LogP) is 4.76. The molecule has 0 amide bonds. The number of aromatic nitrogens is 3. The number of pyridine rings is 1. The first-order valence-corrected chi connectivity index (χ1v) is 10.1. The van der Waals surface area contributed by atoms with Crippen molar-refractivity contribution in [1.29, 1.82) is 5.26 Å². The minimum absolute atomic E-state index is 0.131. The van der Waals surface area contributed by atoms with Crippen LogP contribution >= 0.6 is 0 Å². The van der Waals surface area contributed by atoms with Crippen LogP contribution < -0.4 is 5.32 Å². The monoisotopic (exact) mass is 385 g/mol. The lowest BCUT2D eigenvalue weighted by atomic mass is 9.99. The van der Waals surface area contributed by atoms with Gasteiger partial charge in [0.05, 0.1) is 16.8 Å². The number of nitriles is 1. The molecule has 2 heterocycles. The van der Waals surface area contributed by atoms with E-state index in [0.717, 1.165) is 53.4 Å². The van der Waals surface area contributed by atoms with E-state index in [-0.39, 0.29) is 23.6 Å². The number of carbonyl (C=O) groups excluding carboxylic acids is 1. The van der Waals surface area contributed by atoms with Gasteiger partial charge in [0.15, 0.2) is 5.78 Å². The first-order valence-electron chi connectivity index (χ1n) is 10.1. The van der Waals surface area contributed by atoms with Crippen LogP contribution in [0, 0.1) is 17.2 Å². The molecule has 6 nitrogen and oxygen atoms in total. The third-order valence-corrected chi connectivity index (χ3v) is 5.50. The summed E-state index contributed by atoms with van der Waals surface area (Å²) in [6, 6.07) is 8.16. The van der Waals surface area contributed by atoms with Gasteiger partial charge in [-0.1, -0.05) is 19.9 Å². The van der Waals surface area contributed by atoms with Crippen LogP contribution in [0.1, 0.15) is 55.7 Å². The van der Waals surface area contributed by atoms with E-state index >= 15 is 0 Å². The molecule has 4 rings (SSSR count). The fourth-order valence-corrected chi connectivity index (χ4v) is 3.51. The first-order chi connectivity index (χ1) is 14.1. The molecule has 29 heavy (non-hydrogen) atoms. The number of hydrogen-bond acceptors (Lipinski definition) is 6. The van der Waals surface area contributed by atoms with E-state index < -0.39 is 0 Å². The minimum Gasteiger partial charge on any atom is -0.381 e. The van der Waals surface area contributed by atoms with Gasteiger partial charge in [-0.15, -0.1) is 0 Å². The highest BCUT2D eigenvalue weighted by Crippen LogP contribution is 2.38. The Balaban J connectivity index is 1.85. The molecule has 0 atom stereocenters. The van der Waals surface area contributed by atoms with E-state index in [2.05, 4.69) is 34.1 Å². The maximum atomic E-state index is 12.9. The number of benzene rings is 1. The van der Waals surface area contributed by atoms with Gasteiger partial charge in [-0.2, -0.15) is 5.26 Å². The zero-order valence-corrected chi connectivity index (χ0v) is 16.6. The Kier molecular flexibility index (Phi) is 5.22. The van der Waals surface area contributed by atoms with Gasteiger partial charge in [-0.25, -0.2) is 9.97 Å². The van der Waals surface area contributed by atoms with Crippen LogP contribution in [0.25, 0.3) is 22.0 Å². The molecule has 0 unspecified atom stereocenters. The Bertz CT molecular complexity index is 1090. The van der Waals surface area contributed by atoms with Crippen molar-refractivity contribution >= 4 is 22.4 Å². The fraction of sp³-hybridized carbons (Fsp3) is 0.348. The van der Waals surface area contributed by atoms with Crippen molar-refractivity contribution < 1.29 is 4.79 Å². The summed E-state index contributed by atoms with van der Waals surface area (Å²) in [7, 11) is 0. The van der Waals surface area contributed by atoms with Gasteiger partial charge in [0.25, 0.3) is 0 Å². The van der Waals surface area contributed by atoms with E-state index in [1.807, 2.05) is 24.3 Å². The number of hydrogen-bond donors (Lipinski definition) is 1. The molecule has 0 spiro atoms. The molecule has 1 aliphatic carbocycles. The fourth-order valence-electron chi connectivity index (χ4n) is 3.51. The Hall–Kier alpha value is -3.33. The minimum atomic E-state index is 0.131. The summed E-state index contributed by atoms with van der Waals surface area (Å²) in [6.07, 6.45) is 8.88. The van der Waals surface area contributed by atoms with Crippen LogP contribution in [0.5, 0.6) is 0 Å². The lowest BCUT2D eigenvalue weighted by molar-refractivity contribution is 0.0968. The average Bonchev–Trinajstić information content (AvgIpc) is 3.62. The second-order valence-electron chi connectivity index (χ2n) is 7.48. The summed E-state index contributed by atoms with van der Waals surface area (Å²) in [5.74, 6) is 0.455. The quantitative estimate of drug-likeness (QED) is 0.590. The molecule has 3 aromatic rings. The number of ketones is 1. The second kappa shape index (κ2) is 7.96. The molecule has 1 aliphatic rings. The van der Waals surface area contributed by atoms with Gasteiger partial charge in [-0.05, 0) is 43.4 Å². The summed E-state index contributed by atoms with van der Waals surface area (Å²) < 4.78 is 0. The van der Waals surface area contributed by atoms with Crippen LogP contribution in [-0.4, -0.2) is 26.8 Å². The summed E-state index contributed by atoms with van der Waals surface area (Å²) in [5, 5.41) is 13.5. The topological polar surface area (TPSA) is 91.6 Å². The van der Waals surface area contributed by atoms with Crippen molar-refractivity contribution in [2.45, 2.75) is 45.6 Å². The number of nitrogens with one attached hydrogen (secondary N) is 1. The summed E-state index contributed by atoms with van der Waals surface area (Å²) in [4.78, 5) is 25.6. The molecular weight excluding hydrogens is 362 g/mol. The molecule has 0 radical (unpaired) electrons. The largest absolute Gasteiger partial charge is 0.381 e. The Morgan fingerprint density at radius 3 is 2.48 bits per heavy atom. The van der Waals surface area contributed by atoms with E-state index in [1.165, 1.54) is 0 Å². The highest BCUT2D eigenvalue weighted by molar-refractivity contribution is 6.10. The van der Waals surface area contributed by atoms with Crippen LogP contribution in [0.4, 0.5) is 5.69 Å². The van der Waals surface area contributed by atoms with Crippen LogP contribution in [-0.2, 0) is 0 Å². The second-order valence-corrected chi connectivity index (χ2v) is 7.48. The molecule has 0 saturated heterocycles. The van der Waals surface area contributed by atoms with E-state index in [4.69, 9.17) is 5.26 Å².